The van der Waals surface area contributed by atoms with Crippen LogP contribution in [0, 0.1) is 0 Å². The number of aromatic hydroxyl groups is 1. The number of nitrogens with zero attached hydrogens (tertiary/aromatic N) is 2. The van der Waals surface area contributed by atoms with Crippen LogP contribution in [0.25, 0.3) is 0 Å². The van der Waals surface area contributed by atoms with Crippen LogP contribution in [-0.4, -0.2) is 140 Å². The van der Waals surface area contributed by atoms with Gasteiger partial charge in [-0.3, -0.25) is 14.2 Å². The maximum absolute atomic E-state index is 12.9. The Kier molecular flexibility index (Phi) is 35.5. The second-order valence-electron chi connectivity index (χ2n) is 23.2. The second-order valence-corrected chi connectivity index (χ2v) is 33.5. The normalized spacial score (nSPS) is 12.3. The number of hydrogen-bond donors (Lipinski definition) is 3. The predicted molar refractivity (Wildman–Crippen MR) is 337 cm³/mol. The van der Waals surface area contributed by atoms with Gasteiger partial charge >= 0.3 is 12.2 Å². The fourth-order valence-electron chi connectivity index (χ4n) is 8.14. The number of halogens is 1. The highest BCUT2D eigenvalue weighted by Gasteiger charge is 2.27. The fourth-order valence-corrected chi connectivity index (χ4v) is 8.78. The third kappa shape index (κ3) is 37.2. The molecule has 0 heterocycles. The summed E-state index contributed by atoms with van der Waals surface area (Å²) < 4.78 is 50.2. The summed E-state index contributed by atoms with van der Waals surface area (Å²) in [6, 6.07) is 29.9. The Morgan fingerprint density at radius 2 is 0.904 bits per heavy atom. The molecule has 0 bridgehead atoms. The first-order chi connectivity index (χ1) is 39.1. The first-order valence-electron chi connectivity index (χ1n) is 29.0. The number of phenols is 1. The van der Waals surface area contributed by atoms with Gasteiger partial charge in [-0.2, -0.15) is 0 Å². The van der Waals surface area contributed by atoms with Crippen molar-refractivity contribution in [2.24, 2.45) is 0 Å². The number of phenolic OH excluding ortho intramolecular Hbond substituents is 1. The van der Waals surface area contributed by atoms with Gasteiger partial charge in [0.15, 0.2) is 12.6 Å². The number of aryl methyl sites for hydroxylation is 2. The average molecular weight is 1260 g/mol. The Morgan fingerprint density at radius 3 is 1.28 bits per heavy atom. The lowest BCUT2D eigenvalue weighted by Gasteiger charge is -2.29. The van der Waals surface area contributed by atoms with Crippen LogP contribution < -0.4 is 4.52 Å². The van der Waals surface area contributed by atoms with Crippen molar-refractivity contribution in [1.29, 1.82) is 0 Å². The maximum Gasteiger partial charge on any atom is 0.410 e. The summed E-state index contributed by atoms with van der Waals surface area (Å²) in [7, 11) is -2.86. The zero-order valence-corrected chi connectivity index (χ0v) is 54.5. The monoisotopic (exact) mass is 1260 g/mol. The molecule has 2 amide bonds. The molecule has 0 aliphatic heterocycles. The van der Waals surface area contributed by atoms with Crippen LogP contribution in [-0.2, 0) is 40.9 Å². The summed E-state index contributed by atoms with van der Waals surface area (Å²) in [5.74, 6) is -1.77. The van der Waals surface area contributed by atoms with E-state index >= 15 is 0 Å². The molecule has 16 nitrogen and oxygen atoms in total. The molecule has 4 rings (SSSR count). The zero-order valence-electron chi connectivity index (χ0n) is 51.1. The minimum Gasteiger partial charge on any atom is -0.507 e. The molecule has 83 heavy (non-hydrogen) atoms. The number of aldehydes is 2. The lowest BCUT2D eigenvalue weighted by atomic mass is 10.0. The maximum atomic E-state index is 12.9. The minimum absolute atomic E-state index is 0.0134. The number of hydrogen-bond acceptors (Lipinski definition) is 14. The summed E-state index contributed by atoms with van der Waals surface area (Å²) in [6.45, 7) is 21.0. The molecule has 0 fully saturated rings. The van der Waals surface area contributed by atoms with Crippen molar-refractivity contribution in [3.8, 4) is 11.5 Å². The molecule has 0 radical (unpaired) electrons. The summed E-state index contributed by atoms with van der Waals surface area (Å²) in [5.41, 5.74) is 2.60. The molecule has 0 spiro atoms. The van der Waals surface area contributed by atoms with E-state index in [1.54, 1.807) is 67.0 Å². The molecule has 0 aliphatic carbocycles. The molecule has 2 atom stereocenters. The van der Waals surface area contributed by atoms with Crippen molar-refractivity contribution < 1.29 is 67.1 Å². The number of aliphatic hydroxyl groups is 2. The number of carbonyl (C=O) groups is 4. The summed E-state index contributed by atoms with van der Waals surface area (Å²) in [4.78, 5) is 51.4. The van der Waals surface area contributed by atoms with Gasteiger partial charge in [-0.1, -0.05) is 98.5 Å². The largest absolute Gasteiger partial charge is 0.507 e. The smallest absolute Gasteiger partial charge is 0.410 e. The quantitative estimate of drug-likeness (QED) is 0.0225. The molecule has 19 heteroatoms. The topological polar surface area (TPSA) is 216 Å². The number of aliphatic hydroxyl groups excluding tert-OH is 2. The molecule has 2 unspecified atom stereocenters. The number of amides is 2. The van der Waals surface area contributed by atoms with Gasteiger partial charge in [0, 0.05) is 52.8 Å². The Hall–Kier alpha value is -4.86. The summed E-state index contributed by atoms with van der Waals surface area (Å²) in [5, 5.41) is 31.4. The van der Waals surface area contributed by atoms with E-state index in [0.29, 0.717) is 36.8 Å². The van der Waals surface area contributed by atoms with Gasteiger partial charge in [-0.05, 0) is 181 Å². The molecule has 0 saturated carbocycles. The van der Waals surface area contributed by atoms with Gasteiger partial charge < -0.3 is 53.2 Å². The van der Waals surface area contributed by atoms with E-state index in [1.165, 1.54) is 58.5 Å². The highest BCUT2D eigenvalue weighted by molar-refractivity contribution is 9.40. The van der Waals surface area contributed by atoms with Crippen LogP contribution >= 0.6 is 28.7 Å². The molecule has 0 saturated heterocycles. The zero-order chi connectivity index (χ0) is 61.9. The second kappa shape index (κ2) is 39.7. The fraction of sp³-hybridized carbons (Fsp3) is 0.562. The first-order valence-corrected chi connectivity index (χ1v) is 36.1. The van der Waals surface area contributed by atoms with E-state index in [2.05, 4.69) is 64.0 Å². The van der Waals surface area contributed by atoms with Crippen molar-refractivity contribution in [2.75, 3.05) is 79.3 Å². The minimum atomic E-state index is -2.86. The van der Waals surface area contributed by atoms with Gasteiger partial charge in [0.1, 0.15) is 28.5 Å². The predicted octanol–water partition coefficient (Wildman–Crippen LogP) is 15.3. The Morgan fingerprint density at radius 1 is 0.542 bits per heavy atom. The molecule has 4 aromatic carbocycles. The molecule has 464 valence electrons. The standard InChI is InChI=1S/C32H48NO7P.C30H43NO6.C2H6BrOP/c1-32(2,3)39-31(36)33(24-29(35)27-18-19-30(28(23-27)25-34)40-41(4,5)37)20-12-6-7-13-21-38-22-14-11-17-26-15-9-8-10-16-26;1-30(2,3)37-29(35)31(22-28(34)25-16-17-27(33)26(21-25)23-32)18-10-4-5-11-19-36-20-12-9-15-24-13-7-6-8-14-24;1-5(2,3)4/h8-10,15-16,18-19,23,25,29,35H,6-7,11-14,17,20-22,24H2,1-5H3;6-8,13-14,16-17,21,23,28,33-34H,4-5,9-12,15,18-20,22H2,1-3H3;1-2H3. The molecule has 0 aliphatic rings. The number of benzene rings is 4. The van der Waals surface area contributed by atoms with Crippen molar-refractivity contribution in [1.82, 2.24) is 9.80 Å². The van der Waals surface area contributed by atoms with E-state index in [4.69, 9.17) is 23.5 Å². The van der Waals surface area contributed by atoms with E-state index in [0.717, 1.165) is 116 Å². The number of carbonyl (C=O) groups excluding carboxylic acids is 4. The van der Waals surface area contributed by atoms with Crippen molar-refractivity contribution in [3.05, 3.63) is 130 Å². The lowest BCUT2D eigenvalue weighted by Crippen LogP contribution is -2.39. The van der Waals surface area contributed by atoms with Gasteiger partial charge in [0.2, 0.25) is 7.37 Å². The van der Waals surface area contributed by atoms with Gasteiger partial charge in [-0.25, -0.2) is 9.59 Å². The van der Waals surface area contributed by atoms with Crippen molar-refractivity contribution >= 4 is 53.5 Å². The Labute approximate surface area is 503 Å². The van der Waals surface area contributed by atoms with Crippen molar-refractivity contribution in [3.63, 3.8) is 0 Å². The Balaban J connectivity index is 0.000000526. The van der Waals surface area contributed by atoms with Crippen LogP contribution in [0.2, 0.25) is 0 Å². The SMILES string of the molecule is CC(C)(C)OC(=O)N(CCCCCCOCCCCc1ccccc1)CC(O)c1ccc(O)c(C=O)c1.CC(C)(C)OC(=O)N(CCCCCCOCCCCc1ccccc1)CC(O)c1ccc(OP(C)(C)=O)c(C=O)c1.CP(C)(=O)Br. The highest BCUT2D eigenvalue weighted by atomic mass is 79.9. The van der Waals surface area contributed by atoms with Crippen LogP contribution in [0.1, 0.15) is 174 Å². The van der Waals surface area contributed by atoms with Crippen LogP contribution in [0.15, 0.2) is 97.1 Å². The molecule has 3 N–H and O–H groups in total. The van der Waals surface area contributed by atoms with Gasteiger partial charge in [0.25, 0.3) is 0 Å². The van der Waals surface area contributed by atoms with E-state index < -0.39 is 48.8 Å². The lowest BCUT2D eigenvalue weighted by molar-refractivity contribution is 0.0133. The number of ether oxygens (including phenoxy) is 4. The van der Waals surface area contributed by atoms with E-state index in [1.807, 2.05) is 12.1 Å². The summed E-state index contributed by atoms with van der Waals surface area (Å²) in [6.07, 6.45) is 11.9. The van der Waals surface area contributed by atoms with Gasteiger partial charge in [0.05, 0.1) is 36.4 Å². The van der Waals surface area contributed by atoms with Crippen LogP contribution in [0.5, 0.6) is 11.5 Å². The van der Waals surface area contributed by atoms with Crippen LogP contribution in [0.3, 0.4) is 0 Å². The molecule has 4 aromatic rings. The van der Waals surface area contributed by atoms with E-state index in [9.17, 15) is 43.6 Å². The van der Waals surface area contributed by atoms with E-state index in [-0.39, 0.29) is 35.7 Å². The number of unbranched alkanes of at least 4 members (excludes halogenated alkanes) is 8. The molecular formula is C64H97BrN2O14P2. The van der Waals surface area contributed by atoms with Crippen molar-refractivity contribution in [2.45, 2.75) is 155 Å². The highest BCUT2D eigenvalue weighted by Crippen LogP contribution is 2.44. The average Bonchev–Trinajstić information content (AvgIpc) is 3.58. The summed E-state index contributed by atoms with van der Waals surface area (Å²) >= 11 is 2.93. The van der Waals surface area contributed by atoms with Gasteiger partial charge in [-0.15, -0.1) is 0 Å². The Bertz CT molecular complexity index is 2560. The third-order valence-electron chi connectivity index (χ3n) is 12.1. The third-order valence-corrected chi connectivity index (χ3v) is 12.8. The number of rotatable bonds is 34. The first kappa shape index (κ1) is 74.2. The molecule has 0 aromatic heterocycles. The van der Waals surface area contributed by atoms with Crippen LogP contribution in [0.4, 0.5) is 9.59 Å². The molecular weight excluding hydrogens is 1160 g/mol.